The Hall–Kier alpha value is -2.08. The normalized spacial score (nSPS) is 17.5. The molecule has 0 aromatic heterocycles. The molecule has 0 saturated heterocycles. The van der Waals surface area contributed by atoms with Gasteiger partial charge in [0.05, 0.1) is 16.6 Å². The van der Waals surface area contributed by atoms with Gasteiger partial charge in [0.25, 0.3) is 0 Å². The zero-order valence-electron chi connectivity index (χ0n) is 23.0. The Balaban J connectivity index is 1.69. The van der Waals surface area contributed by atoms with Crippen LogP contribution in [0.5, 0.6) is 0 Å². The zero-order chi connectivity index (χ0) is 28.8. The van der Waals surface area contributed by atoms with Gasteiger partial charge in [-0.15, -0.1) is 0 Å². The highest BCUT2D eigenvalue weighted by Gasteiger charge is 2.35. The maximum absolute atomic E-state index is 12.9. The molecule has 0 radical (unpaired) electrons. The lowest BCUT2D eigenvalue weighted by Gasteiger charge is -2.23. The van der Waals surface area contributed by atoms with Crippen LogP contribution in [0, 0.1) is 17.8 Å². The van der Waals surface area contributed by atoms with Crippen LogP contribution in [0.15, 0.2) is 0 Å². The van der Waals surface area contributed by atoms with Crippen LogP contribution in [-0.2, 0) is 38.1 Å². The van der Waals surface area contributed by atoms with Gasteiger partial charge in [0.1, 0.15) is 11.6 Å². The van der Waals surface area contributed by atoms with Crippen molar-refractivity contribution in [1.82, 2.24) is 0 Å². The van der Waals surface area contributed by atoms with Crippen molar-refractivity contribution in [3.63, 3.8) is 0 Å². The molecular formula is C27H40O10S2. The number of ether oxygens (including phenoxy) is 4. The van der Waals surface area contributed by atoms with E-state index in [-0.39, 0.29) is 47.5 Å². The van der Waals surface area contributed by atoms with Crippen molar-refractivity contribution in [2.45, 2.75) is 96.1 Å². The van der Waals surface area contributed by atoms with E-state index in [4.69, 9.17) is 18.9 Å². The molecule has 0 spiro atoms. The smallest absolute Gasteiger partial charge is 0.371 e. The molecule has 0 unspecified atom stereocenters. The average Bonchev–Trinajstić information content (AvgIpc) is 2.91. The van der Waals surface area contributed by atoms with Crippen molar-refractivity contribution in [3.05, 3.63) is 0 Å². The Morgan fingerprint density at radius 2 is 1.18 bits per heavy atom. The molecule has 1 atom stereocenters. The van der Waals surface area contributed by atoms with Gasteiger partial charge in [-0.1, -0.05) is 38.5 Å². The summed E-state index contributed by atoms with van der Waals surface area (Å²) in [5, 5.41) is -1.49. The quantitative estimate of drug-likeness (QED) is 0.189. The van der Waals surface area contributed by atoms with Crippen molar-refractivity contribution in [1.29, 1.82) is 0 Å². The molecule has 2 rings (SSSR count). The van der Waals surface area contributed by atoms with Crippen molar-refractivity contribution >= 4 is 57.6 Å². The molecule has 220 valence electrons. The predicted octanol–water partition coefficient (Wildman–Crippen LogP) is 5.83. The summed E-state index contributed by atoms with van der Waals surface area (Å²) in [6.45, 7) is 3.39. The first-order chi connectivity index (χ1) is 18.5. The number of thioether (sulfide) groups is 2. The highest BCUT2D eigenvalue weighted by Crippen LogP contribution is 2.31. The number of rotatable bonds is 13. The second-order valence-electron chi connectivity index (χ2n) is 10.5. The second-order valence-corrected chi connectivity index (χ2v) is 13.0. The minimum atomic E-state index is -1.21. The van der Waals surface area contributed by atoms with E-state index in [0.29, 0.717) is 11.8 Å². The van der Waals surface area contributed by atoms with Gasteiger partial charge in [-0.2, -0.15) is 0 Å². The summed E-state index contributed by atoms with van der Waals surface area (Å²) < 4.78 is 18.8. The lowest BCUT2D eigenvalue weighted by atomic mass is 9.89. The van der Waals surface area contributed by atoms with Crippen LogP contribution >= 0.6 is 23.5 Å². The summed E-state index contributed by atoms with van der Waals surface area (Å²) >= 11 is 1.36. The third-order valence-corrected chi connectivity index (χ3v) is 9.00. The van der Waals surface area contributed by atoms with Crippen LogP contribution < -0.4 is 0 Å². The molecule has 39 heavy (non-hydrogen) atoms. The Morgan fingerprint density at radius 3 is 1.64 bits per heavy atom. The number of ketones is 2. The Labute approximate surface area is 238 Å². The third-order valence-electron chi connectivity index (χ3n) is 7.05. The fraction of sp³-hybridized carbons (Fsp3) is 0.778. The lowest BCUT2D eigenvalue weighted by molar-refractivity contribution is -0.158. The molecule has 0 heterocycles. The van der Waals surface area contributed by atoms with Gasteiger partial charge in [-0.25, -0.2) is 9.59 Å². The predicted molar refractivity (Wildman–Crippen MR) is 146 cm³/mol. The number of hydrogen-bond donors (Lipinski definition) is 0. The molecule has 2 aliphatic rings. The molecule has 0 N–H and O–H groups in total. The van der Waals surface area contributed by atoms with E-state index in [1.165, 1.54) is 20.8 Å². The fourth-order valence-corrected chi connectivity index (χ4v) is 6.02. The van der Waals surface area contributed by atoms with Gasteiger partial charge >= 0.3 is 22.5 Å². The highest BCUT2D eigenvalue weighted by molar-refractivity contribution is 8.15. The van der Waals surface area contributed by atoms with Gasteiger partial charge < -0.3 is 18.9 Å². The molecule has 0 aromatic rings. The molecule has 12 heteroatoms. The number of Topliss-reactive ketones (excluding diaryl/α,β-unsaturated/α-hetero) is 2. The summed E-state index contributed by atoms with van der Waals surface area (Å²) in [5.74, 6) is -2.52. The molecule has 10 nitrogen and oxygen atoms in total. The number of esters is 2. The first-order valence-corrected chi connectivity index (χ1v) is 15.3. The van der Waals surface area contributed by atoms with E-state index < -0.39 is 34.9 Å². The van der Waals surface area contributed by atoms with Gasteiger partial charge in [-0.3, -0.25) is 19.2 Å². The Morgan fingerprint density at radius 1 is 0.718 bits per heavy atom. The fourth-order valence-electron chi connectivity index (χ4n) is 4.48. The monoisotopic (exact) mass is 588 g/mol. The van der Waals surface area contributed by atoms with Crippen LogP contribution in [0.25, 0.3) is 0 Å². The zero-order valence-corrected chi connectivity index (χ0v) is 24.7. The number of carbonyl (C=O) groups excluding carboxylic acids is 6. The van der Waals surface area contributed by atoms with E-state index >= 15 is 0 Å². The van der Waals surface area contributed by atoms with Gasteiger partial charge in [0.2, 0.25) is 13.6 Å². The molecule has 0 aliphatic heterocycles. The van der Waals surface area contributed by atoms with E-state index in [0.717, 1.165) is 76.0 Å². The van der Waals surface area contributed by atoms with Crippen molar-refractivity contribution in [2.24, 2.45) is 17.8 Å². The van der Waals surface area contributed by atoms with Gasteiger partial charge in [0.15, 0.2) is 0 Å². The Kier molecular flexibility index (Phi) is 14.3. The topological polar surface area (TPSA) is 139 Å². The van der Waals surface area contributed by atoms with E-state index in [9.17, 15) is 28.8 Å². The first kappa shape index (κ1) is 33.1. The molecular weight excluding hydrogens is 548 g/mol. The largest absolute Gasteiger partial charge is 0.428 e. The summed E-state index contributed by atoms with van der Waals surface area (Å²) in [5.41, 5.74) is 0. The highest BCUT2D eigenvalue weighted by atomic mass is 32.2. The third kappa shape index (κ3) is 12.3. The average molecular weight is 589 g/mol. The van der Waals surface area contributed by atoms with Crippen molar-refractivity contribution in [2.75, 3.05) is 19.3 Å². The second kappa shape index (κ2) is 16.9. The summed E-state index contributed by atoms with van der Waals surface area (Å²) in [7, 11) is 0. The Bertz CT molecular complexity index is 876. The molecule has 2 fully saturated rings. The summed E-state index contributed by atoms with van der Waals surface area (Å²) in [6.07, 6.45) is 9.01. The molecule has 2 aliphatic carbocycles. The molecule has 0 amide bonds. The maximum atomic E-state index is 12.9. The maximum Gasteiger partial charge on any atom is 0.371 e. The lowest BCUT2D eigenvalue weighted by Crippen LogP contribution is -2.33. The molecule has 2 saturated carbocycles. The van der Waals surface area contributed by atoms with Crippen LogP contribution in [0.4, 0.5) is 9.59 Å². The van der Waals surface area contributed by atoms with Crippen molar-refractivity contribution < 1.29 is 47.7 Å². The molecule has 0 aromatic carbocycles. The van der Waals surface area contributed by atoms with Crippen LogP contribution in [0.1, 0.15) is 91.4 Å². The SMILES string of the molecule is CC(=O)[C@H](CSC(=O)OCOC(=O)C1CCCCC1)CC(=O)C(C)(C)SC(=O)OCOC(=O)C1CCCCC1. The van der Waals surface area contributed by atoms with Crippen molar-refractivity contribution in [3.8, 4) is 0 Å². The first-order valence-electron chi connectivity index (χ1n) is 13.5. The van der Waals surface area contributed by atoms with E-state index in [2.05, 4.69) is 0 Å². The van der Waals surface area contributed by atoms with Crippen LogP contribution in [-0.4, -0.2) is 58.2 Å². The van der Waals surface area contributed by atoms with E-state index in [1.54, 1.807) is 0 Å². The minimum absolute atomic E-state index is 0.00120. The van der Waals surface area contributed by atoms with E-state index in [1.807, 2.05) is 0 Å². The number of carbonyl (C=O) groups is 6. The standard InChI is InChI=1S/C27H40O10S2/c1-18(28)21(15-38-25(32)36-16-34-23(30)19-10-6-4-7-11-19)14-22(29)27(2,3)39-26(33)37-17-35-24(31)20-12-8-5-9-13-20/h19-21H,4-17H2,1-3H3/t21-/m0/s1. The minimum Gasteiger partial charge on any atom is -0.428 e. The molecule has 0 bridgehead atoms. The number of hydrogen-bond acceptors (Lipinski definition) is 12. The van der Waals surface area contributed by atoms with Crippen LogP contribution in [0.3, 0.4) is 0 Å². The van der Waals surface area contributed by atoms with Crippen LogP contribution in [0.2, 0.25) is 0 Å². The summed E-state index contributed by atoms with van der Waals surface area (Å²) in [6, 6.07) is 0. The van der Waals surface area contributed by atoms with Gasteiger partial charge in [0, 0.05) is 18.1 Å². The van der Waals surface area contributed by atoms with Gasteiger partial charge in [-0.05, 0) is 70.0 Å². The summed E-state index contributed by atoms with van der Waals surface area (Å²) in [4.78, 5) is 73.4.